The Morgan fingerprint density at radius 2 is 1.86 bits per heavy atom. The molecule has 0 fully saturated rings. The molecule has 84 valence electrons. The Balaban J connectivity index is 4.29. The summed E-state index contributed by atoms with van der Waals surface area (Å²) in [6, 6.07) is 1.07. The van der Waals surface area contributed by atoms with Crippen LogP contribution in [0.25, 0.3) is 0 Å². The minimum absolute atomic E-state index is 0.491. The van der Waals surface area contributed by atoms with Crippen LogP contribution < -0.4 is 5.73 Å². The van der Waals surface area contributed by atoms with Crippen LogP contribution in [-0.2, 0) is 0 Å². The monoisotopic (exact) mass is 216 g/mol. The highest BCUT2D eigenvalue weighted by Gasteiger charge is 2.20. The molecule has 0 heterocycles. The third-order valence-electron chi connectivity index (χ3n) is 3.09. The fraction of sp³-hybridized carbons (Fsp3) is 0.909. The van der Waals surface area contributed by atoms with Gasteiger partial charge in [-0.05, 0) is 26.3 Å². The molecule has 14 heavy (non-hydrogen) atoms. The molecule has 0 aromatic heterocycles. The highest BCUT2D eigenvalue weighted by molar-refractivity contribution is 7.80. The molecule has 0 radical (unpaired) electrons. The second kappa shape index (κ2) is 6.36. The van der Waals surface area contributed by atoms with Crippen LogP contribution in [0, 0.1) is 5.92 Å². The van der Waals surface area contributed by atoms with Crippen LogP contribution in [-0.4, -0.2) is 29.0 Å². The van der Waals surface area contributed by atoms with E-state index in [0.29, 0.717) is 23.0 Å². The van der Waals surface area contributed by atoms with Gasteiger partial charge in [0.2, 0.25) is 0 Å². The molecule has 0 bridgehead atoms. The Kier molecular flexibility index (Phi) is 6.29. The van der Waals surface area contributed by atoms with Crippen molar-refractivity contribution in [2.45, 2.75) is 52.6 Å². The van der Waals surface area contributed by atoms with Gasteiger partial charge in [-0.3, -0.25) is 0 Å². The van der Waals surface area contributed by atoms with E-state index in [1.807, 2.05) is 0 Å². The standard InChI is InChI=1S/C11H24N2S/c1-6-10(7-11(12)14)13(5)9(4)8(2)3/h8-10H,6-7H2,1-5H3,(H2,12,14). The zero-order valence-corrected chi connectivity index (χ0v) is 10.9. The molecule has 0 saturated heterocycles. The second-order valence-electron chi connectivity index (χ2n) is 4.38. The van der Waals surface area contributed by atoms with E-state index in [-0.39, 0.29) is 0 Å². The van der Waals surface area contributed by atoms with Crippen molar-refractivity contribution >= 4 is 17.2 Å². The molecular weight excluding hydrogens is 192 g/mol. The van der Waals surface area contributed by atoms with E-state index in [0.717, 1.165) is 12.8 Å². The van der Waals surface area contributed by atoms with Crippen molar-refractivity contribution in [1.82, 2.24) is 4.90 Å². The van der Waals surface area contributed by atoms with Gasteiger partial charge in [-0.15, -0.1) is 0 Å². The summed E-state index contributed by atoms with van der Waals surface area (Å²) in [6.45, 7) is 8.93. The average Bonchev–Trinajstić information content (AvgIpc) is 2.11. The van der Waals surface area contributed by atoms with Gasteiger partial charge in [0.1, 0.15) is 0 Å². The lowest BCUT2D eigenvalue weighted by Crippen LogP contribution is -2.42. The Bertz CT molecular complexity index is 180. The smallest absolute Gasteiger partial charge is 0.0743 e. The molecule has 0 aromatic rings. The van der Waals surface area contributed by atoms with Gasteiger partial charge in [-0.25, -0.2) is 0 Å². The maximum absolute atomic E-state index is 5.59. The molecule has 3 heteroatoms. The third-order valence-corrected chi connectivity index (χ3v) is 3.26. The van der Waals surface area contributed by atoms with Crippen LogP contribution in [0.2, 0.25) is 0 Å². The van der Waals surface area contributed by atoms with Crippen LogP contribution in [0.15, 0.2) is 0 Å². The molecule has 0 aliphatic carbocycles. The lowest BCUT2D eigenvalue weighted by Gasteiger charge is -2.34. The summed E-state index contributed by atoms with van der Waals surface area (Å²) in [5, 5.41) is 0. The van der Waals surface area contributed by atoms with E-state index in [9.17, 15) is 0 Å². The van der Waals surface area contributed by atoms with Gasteiger partial charge >= 0.3 is 0 Å². The first-order valence-corrected chi connectivity index (χ1v) is 5.81. The number of thiocarbonyl (C=S) groups is 1. The molecule has 0 saturated carbocycles. The maximum atomic E-state index is 5.59. The van der Waals surface area contributed by atoms with Gasteiger partial charge in [0.15, 0.2) is 0 Å². The van der Waals surface area contributed by atoms with Gasteiger partial charge in [0, 0.05) is 18.5 Å². The van der Waals surface area contributed by atoms with E-state index in [2.05, 4.69) is 39.6 Å². The molecule has 0 aromatic carbocycles. The van der Waals surface area contributed by atoms with Crippen molar-refractivity contribution < 1.29 is 0 Å². The largest absolute Gasteiger partial charge is 0.393 e. The number of hydrogen-bond acceptors (Lipinski definition) is 2. The molecule has 0 rings (SSSR count). The Hall–Kier alpha value is -0.150. The van der Waals surface area contributed by atoms with E-state index >= 15 is 0 Å². The summed E-state index contributed by atoms with van der Waals surface area (Å²) in [5.74, 6) is 0.667. The predicted molar refractivity (Wildman–Crippen MR) is 67.5 cm³/mol. The van der Waals surface area contributed by atoms with Gasteiger partial charge in [-0.1, -0.05) is 33.0 Å². The highest BCUT2D eigenvalue weighted by atomic mass is 32.1. The topological polar surface area (TPSA) is 29.3 Å². The van der Waals surface area contributed by atoms with Crippen LogP contribution in [0.1, 0.15) is 40.5 Å². The lowest BCUT2D eigenvalue weighted by molar-refractivity contribution is 0.148. The predicted octanol–water partition coefficient (Wildman–Crippen LogP) is 2.42. The normalized spacial score (nSPS) is 15.9. The average molecular weight is 216 g/mol. The van der Waals surface area contributed by atoms with E-state index in [4.69, 9.17) is 18.0 Å². The first-order valence-electron chi connectivity index (χ1n) is 5.40. The van der Waals surface area contributed by atoms with Crippen LogP contribution in [0.3, 0.4) is 0 Å². The number of rotatable bonds is 6. The fourth-order valence-electron chi connectivity index (χ4n) is 1.61. The van der Waals surface area contributed by atoms with Gasteiger partial charge in [0.05, 0.1) is 4.99 Å². The molecule has 2 N–H and O–H groups in total. The van der Waals surface area contributed by atoms with Crippen LogP contribution >= 0.6 is 12.2 Å². The number of nitrogens with two attached hydrogens (primary N) is 1. The third kappa shape index (κ3) is 4.38. The summed E-state index contributed by atoms with van der Waals surface area (Å²) in [6.07, 6.45) is 1.93. The molecule has 2 atom stereocenters. The molecule has 0 spiro atoms. The van der Waals surface area contributed by atoms with E-state index in [1.165, 1.54) is 0 Å². The van der Waals surface area contributed by atoms with Gasteiger partial charge in [0.25, 0.3) is 0 Å². The minimum Gasteiger partial charge on any atom is -0.393 e. The zero-order chi connectivity index (χ0) is 11.3. The maximum Gasteiger partial charge on any atom is 0.0743 e. The van der Waals surface area contributed by atoms with E-state index in [1.54, 1.807) is 0 Å². The molecule has 0 aliphatic rings. The zero-order valence-electron chi connectivity index (χ0n) is 10.1. The van der Waals surface area contributed by atoms with Crippen molar-refractivity contribution in [3.05, 3.63) is 0 Å². The molecular formula is C11H24N2S. The Morgan fingerprint density at radius 3 is 2.14 bits per heavy atom. The van der Waals surface area contributed by atoms with Crippen molar-refractivity contribution in [3.8, 4) is 0 Å². The first kappa shape index (κ1) is 13.8. The van der Waals surface area contributed by atoms with Crippen molar-refractivity contribution in [2.75, 3.05) is 7.05 Å². The summed E-state index contributed by atoms with van der Waals surface area (Å²) in [4.78, 5) is 3.02. The fourth-order valence-corrected chi connectivity index (χ4v) is 1.80. The summed E-state index contributed by atoms with van der Waals surface area (Å²) in [5.41, 5.74) is 5.59. The van der Waals surface area contributed by atoms with Crippen molar-refractivity contribution in [2.24, 2.45) is 11.7 Å². The Labute approximate surface area is 93.8 Å². The number of hydrogen-bond donors (Lipinski definition) is 1. The highest BCUT2D eigenvalue weighted by Crippen LogP contribution is 2.15. The quantitative estimate of drug-likeness (QED) is 0.691. The van der Waals surface area contributed by atoms with E-state index < -0.39 is 0 Å². The number of nitrogens with zero attached hydrogens (tertiary/aromatic N) is 1. The summed E-state index contributed by atoms with van der Waals surface area (Å²) >= 11 is 4.96. The lowest BCUT2D eigenvalue weighted by atomic mass is 10.0. The van der Waals surface area contributed by atoms with Crippen molar-refractivity contribution in [1.29, 1.82) is 0 Å². The SMILES string of the molecule is CCC(CC(N)=S)N(C)C(C)C(C)C. The van der Waals surface area contributed by atoms with Gasteiger partial charge in [-0.2, -0.15) is 0 Å². The van der Waals surface area contributed by atoms with Gasteiger partial charge < -0.3 is 10.6 Å². The molecule has 2 nitrogen and oxygen atoms in total. The summed E-state index contributed by atoms with van der Waals surface area (Å²) in [7, 11) is 2.16. The summed E-state index contributed by atoms with van der Waals surface area (Å²) < 4.78 is 0. The Morgan fingerprint density at radius 1 is 1.36 bits per heavy atom. The molecule has 0 aliphatic heterocycles. The van der Waals surface area contributed by atoms with Crippen LogP contribution in [0.4, 0.5) is 0 Å². The van der Waals surface area contributed by atoms with Crippen molar-refractivity contribution in [3.63, 3.8) is 0 Å². The second-order valence-corrected chi connectivity index (χ2v) is 4.91. The molecule has 0 amide bonds. The minimum atomic E-state index is 0.491. The first-order chi connectivity index (χ1) is 6.40. The van der Waals surface area contributed by atoms with Crippen LogP contribution in [0.5, 0.6) is 0 Å². The molecule has 2 unspecified atom stereocenters.